The third-order valence-electron chi connectivity index (χ3n) is 6.74. The first-order chi connectivity index (χ1) is 16.3. The molecular weight excluding hydrogens is 442 g/mol. The highest BCUT2D eigenvalue weighted by atomic mass is 19.1. The van der Waals surface area contributed by atoms with Crippen LogP contribution in [0.2, 0.25) is 0 Å². The Hall–Kier alpha value is -3.53. The Balaban J connectivity index is 1.33. The predicted octanol–water partition coefficient (Wildman–Crippen LogP) is 2.82. The van der Waals surface area contributed by atoms with Crippen LogP contribution in [0.5, 0.6) is 0 Å². The van der Waals surface area contributed by atoms with Gasteiger partial charge in [0.1, 0.15) is 17.4 Å². The lowest BCUT2D eigenvalue weighted by molar-refractivity contribution is -0.119. The van der Waals surface area contributed by atoms with Gasteiger partial charge in [-0.05, 0) is 38.1 Å². The Bertz CT molecular complexity index is 1310. The van der Waals surface area contributed by atoms with E-state index in [9.17, 15) is 14.0 Å². The number of hydrogen-bond donors (Lipinski definition) is 2. The van der Waals surface area contributed by atoms with E-state index in [0.717, 1.165) is 16.6 Å². The quantitative estimate of drug-likeness (QED) is 0.576. The second-order valence-corrected chi connectivity index (χ2v) is 8.83. The molecule has 34 heavy (non-hydrogen) atoms. The molecule has 2 aliphatic heterocycles. The molecule has 0 radical (unpaired) electrons. The van der Waals surface area contributed by atoms with E-state index in [1.165, 1.54) is 13.1 Å². The number of anilines is 2. The van der Waals surface area contributed by atoms with Crippen LogP contribution in [0.25, 0.3) is 10.9 Å². The zero-order chi connectivity index (χ0) is 24.1. The van der Waals surface area contributed by atoms with Crippen LogP contribution in [0.3, 0.4) is 0 Å². The monoisotopic (exact) mass is 468 g/mol. The van der Waals surface area contributed by atoms with E-state index in [-0.39, 0.29) is 23.3 Å². The van der Waals surface area contributed by atoms with E-state index in [1.807, 2.05) is 28.5 Å². The van der Waals surface area contributed by atoms with Gasteiger partial charge in [0, 0.05) is 56.4 Å². The van der Waals surface area contributed by atoms with Crippen molar-refractivity contribution in [3.63, 3.8) is 0 Å². The van der Waals surface area contributed by atoms with Gasteiger partial charge in [0.25, 0.3) is 5.91 Å². The summed E-state index contributed by atoms with van der Waals surface area (Å²) in [5.41, 5.74) is 2.78. The standard InChI is InChI=1S/C24H26F2N6O2/c1-13-10-15-11-16(19(25)20-21(15)32(13)14(2)23(33)29-20)12-30-6-8-31(9-7-30)18-5-4-17(24(34)27-3)28-22(18)26/h4-5,10-11,14H,6-9,12H2,1-3H3,(H,27,34)(H,29,33)/t14-/m1/s1. The minimum atomic E-state index is -0.685. The van der Waals surface area contributed by atoms with Crippen molar-refractivity contribution in [3.05, 3.63) is 53.0 Å². The summed E-state index contributed by atoms with van der Waals surface area (Å²) in [5.74, 6) is -1.76. The summed E-state index contributed by atoms with van der Waals surface area (Å²) in [7, 11) is 1.47. The molecule has 1 saturated heterocycles. The lowest BCUT2D eigenvalue weighted by atomic mass is 10.1. The summed E-state index contributed by atoms with van der Waals surface area (Å²) >= 11 is 0. The molecule has 0 aliphatic carbocycles. The molecule has 3 aromatic rings. The van der Waals surface area contributed by atoms with E-state index in [4.69, 9.17) is 0 Å². The van der Waals surface area contributed by atoms with Gasteiger partial charge in [0.2, 0.25) is 11.9 Å². The van der Waals surface area contributed by atoms with Crippen LogP contribution in [0.15, 0.2) is 24.3 Å². The van der Waals surface area contributed by atoms with E-state index >= 15 is 4.39 Å². The second kappa shape index (κ2) is 8.35. The maximum Gasteiger partial charge on any atom is 0.269 e. The maximum atomic E-state index is 15.5. The van der Waals surface area contributed by atoms with Crippen LogP contribution in [0.4, 0.5) is 20.2 Å². The molecule has 2 aliphatic rings. The van der Waals surface area contributed by atoms with Gasteiger partial charge in [-0.3, -0.25) is 14.5 Å². The number of aromatic nitrogens is 2. The molecule has 0 bridgehead atoms. The number of halogens is 2. The first-order valence-corrected chi connectivity index (χ1v) is 11.3. The van der Waals surface area contributed by atoms with Crippen molar-refractivity contribution in [2.45, 2.75) is 26.4 Å². The highest BCUT2D eigenvalue weighted by Gasteiger charge is 2.30. The van der Waals surface area contributed by atoms with Gasteiger partial charge in [-0.2, -0.15) is 4.39 Å². The first-order valence-electron chi connectivity index (χ1n) is 11.3. The number of amides is 2. The van der Waals surface area contributed by atoms with Gasteiger partial charge in [0.15, 0.2) is 5.82 Å². The maximum absolute atomic E-state index is 15.5. The molecule has 1 aromatic carbocycles. The van der Waals surface area contributed by atoms with Crippen LogP contribution in [-0.2, 0) is 11.3 Å². The van der Waals surface area contributed by atoms with Gasteiger partial charge in [-0.15, -0.1) is 0 Å². The molecule has 2 aromatic heterocycles. The number of nitrogens with one attached hydrogen (secondary N) is 2. The van der Waals surface area contributed by atoms with Crippen molar-refractivity contribution in [1.82, 2.24) is 19.8 Å². The minimum Gasteiger partial charge on any atom is -0.365 e. The van der Waals surface area contributed by atoms with Gasteiger partial charge >= 0.3 is 0 Å². The fourth-order valence-electron chi connectivity index (χ4n) is 4.95. The lowest BCUT2D eigenvalue weighted by Gasteiger charge is -2.36. The van der Waals surface area contributed by atoms with Gasteiger partial charge in [-0.1, -0.05) is 0 Å². The molecular formula is C24H26F2N6O2. The third-order valence-corrected chi connectivity index (χ3v) is 6.74. The van der Waals surface area contributed by atoms with Crippen LogP contribution in [0, 0.1) is 18.7 Å². The summed E-state index contributed by atoms with van der Waals surface area (Å²) in [6.07, 6.45) is 0. The summed E-state index contributed by atoms with van der Waals surface area (Å²) < 4.78 is 31.9. The van der Waals surface area contributed by atoms with Gasteiger partial charge < -0.3 is 20.1 Å². The molecule has 178 valence electrons. The molecule has 0 spiro atoms. The topological polar surface area (TPSA) is 82.5 Å². The molecule has 0 unspecified atom stereocenters. The largest absolute Gasteiger partial charge is 0.365 e. The van der Waals surface area contributed by atoms with Crippen LogP contribution < -0.4 is 15.5 Å². The summed E-state index contributed by atoms with van der Waals surface area (Å²) in [4.78, 5) is 31.8. The van der Waals surface area contributed by atoms with Gasteiger partial charge in [0.05, 0.1) is 11.2 Å². The number of nitrogens with zero attached hydrogens (tertiary/aromatic N) is 4. The summed E-state index contributed by atoms with van der Waals surface area (Å²) in [5, 5.41) is 6.08. The highest BCUT2D eigenvalue weighted by molar-refractivity contribution is 6.07. The highest BCUT2D eigenvalue weighted by Crippen LogP contribution is 2.38. The molecule has 4 heterocycles. The van der Waals surface area contributed by atoms with E-state index < -0.39 is 17.7 Å². The number of hydrogen-bond acceptors (Lipinski definition) is 5. The molecule has 2 amide bonds. The van der Waals surface area contributed by atoms with Crippen LogP contribution in [-0.4, -0.2) is 59.5 Å². The smallest absolute Gasteiger partial charge is 0.269 e. The molecule has 8 nitrogen and oxygen atoms in total. The number of benzene rings is 1. The number of rotatable bonds is 4. The number of carbonyl (C=O) groups is 2. The van der Waals surface area contributed by atoms with Crippen molar-refractivity contribution in [2.24, 2.45) is 0 Å². The molecule has 10 heteroatoms. The molecule has 5 rings (SSSR count). The lowest BCUT2D eigenvalue weighted by Crippen LogP contribution is -2.46. The van der Waals surface area contributed by atoms with Crippen molar-refractivity contribution in [3.8, 4) is 0 Å². The fourth-order valence-corrected chi connectivity index (χ4v) is 4.95. The fraction of sp³-hybridized carbons (Fsp3) is 0.375. The predicted molar refractivity (Wildman–Crippen MR) is 125 cm³/mol. The average molecular weight is 469 g/mol. The summed E-state index contributed by atoms with van der Waals surface area (Å²) in [6, 6.07) is 6.52. The SMILES string of the molecule is CNC(=O)c1ccc(N2CCN(Cc3cc4cc(C)n5c4c(c3F)NC(=O)[C@H]5C)CC2)c(F)n1. The molecule has 0 saturated carbocycles. The van der Waals surface area contributed by atoms with Crippen LogP contribution >= 0.6 is 0 Å². The number of carbonyl (C=O) groups excluding carboxylic acids is 2. The van der Waals surface area contributed by atoms with E-state index in [0.29, 0.717) is 44.0 Å². The van der Waals surface area contributed by atoms with Crippen molar-refractivity contribution >= 4 is 34.1 Å². The molecule has 1 atom stereocenters. The Morgan fingerprint density at radius 3 is 2.62 bits per heavy atom. The second-order valence-electron chi connectivity index (χ2n) is 8.83. The number of pyridine rings is 1. The van der Waals surface area contributed by atoms with Crippen molar-refractivity contribution in [2.75, 3.05) is 43.4 Å². The average Bonchev–Trinajstić information content (AvgIpc) is 3.16. The Kier molecular flexibility index (Phi) is 5.47. The van der Waals surface area contributed by atoms with E-state index in [1.54, 1.807) is 13.0 Å². The Morgan fingerprint density at radius 2 is 1.94 bits per heavy atom. The molecule has 2 N–H and O–H groups in total. The van der Waals surface area contributed by atoms with Crippen molar-refractivity contribution < 1.29 is 18.4 Å². The van der Waals surface area contributed by atoms with E-state index in [2.05, 4.69) is 20.5 Å². The zero-order valence-corrected chi connectivity index (χ0v) is 19.3. The number of piperazine rings is 1. The Morgan fingerprint density at radius 1 is 1.21 bits per heavy atom. The van der Waals surface area contributed by atoms with Crippen LogP contribution in [0.1, 0.15) is 34.7 Å². The first kappa shape index (κ1) is 22.3. The zero-order valence-electron chi connectivity index (χ0n) is 19.3. The molecule has 1 fully saturated rings. The summed E-state index contributed by atoms with van der Waals surface area (Å²) in [6.45, 7) is 6.40. The number of aryl methyl sites for hydroxylation is 1. The van der Waals surface area contributed by atoms with Crippen molar-refractivity contribution in [1.29, 1.82) is 0 Å². The third kappa shape index (κ3) is 3.58. The normalized spacial score (nSPS) is 18.3. The Labute approximate surface area is 195 Å². The minimum absolute atomic E-state index is 0.0303. The van der Waals surface area contributed by atoms with Gasteiger partial charge in [-0.25, -0.2) is 9.37 Å².